The molecule has 18 heavy (non-hydrogen) atoms. The molecule has 0 fully saturated rings. The van der Waals surface area contributed by atoms with E-state index < -0.39 is 0 Å². The zero-order valence-corrected chi connectivity index (χ0v) is 11.7. The highest BCUT2D eigenvalue weighted by atomic mass is 16.1. The van der Waals surface area contributed by atoms with Crippen molar-refractivity contribution in [3.8, 4) is 0 Å². The average molecular weight is 244 g/mol. The van der Waals surface area contributed by atoms with Gasteiger partial charge in [0.15, 0.2) is 0 Å². The van der Waals surface area contributed by atoms with E-state index in [9.17, 15) is 4.79 Å². The Balaban J connectivity index is 2.70. The predicted molar refractivity (Wildman–Crippen MR) is 78.3 cm³/mol. The molecule has 98 valence electrons. The van der Waals surface area contributed by atoms with Crippen LogP contribution in [0.2, 0.25) is 0 Å². The number of aldehydes is 1. The van der Waals surface area contributed by atoms with Crippen molar-refractivity contribution in [2.75, 3.05) is 0 Å². The highest BCUT2D eigenvalue weighted by Gasteiger charge is 2.28. The van der Waals surface area contributed by atoms with Crippen molar-refractivity contribution in [1.29, 1.82) is 0 Å². The van der Waals surface area contributed by atoms with Crippen LogP contribution in [0.1, 0.15) is 45.6 Å². The topological polar surface area (TPSA) is 17.1 Å². The Morgan fingerprint density at radius 2 is 1.94 bits per heavy atom. The van der Waals surface area contributed by atoms with Gasteiger partial charge >= 0.3 is 0 Å². The summed E-state index contributed by atoms with van der Waals surface area (Å²) in [4.78, 5) is 11.4. The molecule has 0 spiro atoms. The number of benzene rings is 1. The van der Waals surface area contributed by atoms with Gasteiger partial charge in [0, 0.05) is 5.41 Å². The van der Waals surface area contributed by atoms with Crippen LogP contribution in [0, 0.1) is 11.3 Å². The van der Waals surface area contributed by atoms with Crippen LogP contribution in [0.25, 0.3) is 6.08 Å². The molecule has 0 amide bonds. The van der Waals surface area contributed by atoms with Crippen LogP contribution in [0.15, 0.2) is 36.4 Å². The molecule has 1 nitrogen and oxygen atoms in total. The SMILES string of the molecule is CCCC[C@](C)(C=O)[C@@H](C)/C=C/c1ccccc1. The standard InChI is InChI=1S/C17H24O/c1-4-5-13-17(3,14-18)15(2)11-12-16-9-7-6-8-10-16/h6-12,14-15H,4-5,13H2,1-3H3/b12-11+/t15-,17+/m0/s1. The van der Waals surface area contributed by atoms with Crippen LogP contribution in [-0.4, -0.2) is 6.29 Å². The number of carbonyl (C=O) groups excluding carboxylic acids is 1. The molecule has 0 aromatic heterocycles. The van der Waals surface area contributed by atoms with Gasteiger partial charge in [-0.1, -0.05) is 76.1 Å². The van der Waals surface area contributed by atoms with Crippen LogP contribution < -0.4 is 0 Å². The molecule has 0 heterocycles. The molecule has 2 atom stereocenters. The van der Waals surface area contributed by atoms with Crippen molar-refractivity contribution in [1.82, 2.24) is 0 Å². The second-order valence-corrected chi connectivity index (χ2v) is 5.29. The van der Waals surface area contributed by atoms with E-state index >= 15 is 0 Å². The second-order valence-electron chi connectivity index (χ2n) is 5.29. The lowest BCUT2D eigenvalue weighted by Crippen LogP contribution is -2.25. The van der Waals surface area contributed by atoms with Crippen molar-refractivity contribution >= 4 is 12.4 Å². The minimum atomic E-state index is -0.235. The maximum absolute atomic E-state index is 11.4. The number of hydrogen-bond acceptors (Lipinski definition) is 1. The first-order valence-electron chi connectivity index (χ1n) is 6.82. The first-order chi connectivity index (χ1) is 8.62. The van der Waals surface area contributed by atoms with Gasteiger partial charge in [0.2, 0.25) is 0 Å². The summed E-state index contributed by atoms with van der Waals surface area (Å²) >= 11 is 0. The summed E-state index contributed by atoms with van der Waals surface area (Å²) in [6.45, 7) is 6.36. The Hall–Kier alpha value is -1.37. The highest BCUT2D eigenvalue weighted by molar-refractivity contribution is 5.61. The second kappa shape index (κ2) is 7.15. The summed E-state index contributed by atoms with van der Waals surface area (Å²) in [5, 5.41) is 0. The maximum atomic E-state index is 11.4. The smallest absolute Gasteiger partial charge is 0.126 e. The number of rotatable bonds is 7. The van der Waals surface area contributed by atoms with Crippen LogP contribution in [0.5, 0.6) is 0 Å². The Morgan fingerprint density at radius 3 is 2.50 bits per heavy atom. The Labute approximate surface area is 111 Å². The van der Waals surface area contributed by atoms with Gasteiger partial charge in [-0.3, -0.25) is 0 Å². The normalized spacial score (nSPS) is 16.4. The zero-order chi connectivity index (χ0) is 13.4. The van der Waals surface area contributed by atoms with E-state index in [0.29, 0.717) is 0 Å². The van der Waals surface area contributed by atoms with Crippen LogP contribution in [-0.2, 0) is 4.79 Å². The van der Waals surface area contributed by atoms with Crippen molar-refractivity contribution in [3.05, 3.63) is 42.0 Å². The summed E-state index contributed by atoms with van der Waals surface area (Å²) in [7, 11) is 0. The Bertz CT molecular complexity index is 380. The molecule has 0 aliphatic heterocycles. The molecule has 1 heteroatoms. The molecule has 0 saturated carbocycles. The molecule has 1 aromatic rings. The van der Waals surface area contributed by atoms with Gasteiger partial charge in [0.05, 0.1) is 0 Å². The van der Waals surface area contributed by atoms with Gasteiger partial charge in [0.1, 0.15) is 6.29 Å². The molecule has 1 aromatic carbocycles. The van der Waals surface area contributed by atoms with E-state index in [2.05, 4.69) is 45.1 Å². The molecule has 0 unspecified atom stereocenters. The summed E-state index contributed by atoms with van der Waals surface area (Å²) in [6.07, 6.45) is 8.60. The Kier molecular flexibility index (Phi) is 5.84. The van der Waals surface area contributed by atoms with E-state index in [4.69, 9.17) is 0 Å². The zero-order valence-electron chi connectivity index (χ0n) is 11.7. The summed E-state index contributed by atoms with van der Waals surface area (Å²) in [6, 6.07) is 10.2. The van der Waals surface area contributed by atoms with E-state index in [1.54, 1.807) is 0 Å². The van der Waals surface area contributed by atoms with Gasteiger partial charge in [-0.2, -0.15) is 0 Å². The van der Waals surface area contributed by atoms with Gasteiger partial charge in [0.25, 0.3) is 0 Å². The fourth-order valence-electron chi connectivity index (χ4n) is 1.99. The number of allylic oxidation sites excluding steroid dienone is 1. The lowest BCUT2D eigenvalue weighted by molar-refractivity contribution is -0.117. The molecular weight excluding hydrogens is 220 g/mol. The van der Waals surface area contributed by atoms with E-state index in [1.165, 1.54) is 5.56 Å². The highest BCUT2D eigenvalue weighted by Crippen LogP contribution is 2.32. The monoisotopic (exact) mass is 244 g/mol. The number of hydrogen-bond donors (Lipinski definition) is 0. The molecule has 0 saturated heterocycles. The van der Waals surface area contributed by atoms with Crippen molar-refractivity contribution in [2.24, 2.45) is 11.3 Å². The van der Waals surface area contributed by atoms with Crippen molar-refractivity contribution in [3.63, 3.8) is 0 Å². The molecule has 0 bridgehead atoms. The van der Waals surface area contributed by atoms with Crippen LogP contribution in [0.4, 0.5) is 0 Å². The average Bonchev–Trinajstić information content (AvgIpc) is 2.43. The third-order valence-electron chi connectivity index (χ3n) is 3.76. The van der Waals surface area contributed by atoms with E-state index in [0.717, 1.165) is 25.5 Å². The predicted octanol–water partition coefficient (Wildman–Crippen LogP) is 4.73. The van der Waals surface area contributed by atoms with Gasteiger partial charge in [-0.05, 0) is 17.9 Å². The quantitative estimate of drug-likeness (QED) is 0.634. The van der Waals surface area contributed by atoms with Crippen LogP contribution in [0.3, 0.4) is 0 Å². The third kappa shape index (κ3) is 4.14. The first kappa shape index (κ1) is 14.7. The summed E-state index contributed by atoms with van der Waals surface area (Å²) in [5.74, 6) is 0.266. The maximum Gasteiger partial charge on any atom is 0.126 e. The fourth-order valence-corrected chi connectivity index (χ4v) is 1.99. The van der Waals surface area contributed by atoms with E-state index in [1.807, 2.05) is 18.2 Å². The van der Waals surface area contributed by atoms with E-state index in [-0.39, 0.29) is 11.3 Å². The minimum Gasteiger partial charge on any atom is -0.303 e. The fraction of sp³-hybridized carbons (Fsp3) is 0.471. The first-order valence-corrected chi connectivity index (χ1v) is 6.82. The molecular formula is C17H24O. The number of carbonyl (C=O) groups is 1. The molecule has 0 aliphatic rings. The lowest BCUT2D eigenvalue weighted by atomic mass is 9.75. The van der Waals surface area contributed by atoms with Gasteiger partial charge in [-0.25, -0.2) is 0 Å². The van der Waals surface area contributed by atoms with Gasteiger partial charge in [-0.15, -0.1) is 0 Å². The Morgan fingerprint density at radius 1 is 1.28 bits per heavy atom. The van der Waals surface area contributed by atoms with Crippen molar-refractivity contribution < 1.29 is 4.79 Å². The van der Waals surface area contributed by atoms with Gasteiger partial charge < -0.3 is 4.79 Å². The molecule has 0 aliphatic carbocycles. The molecule has 1 rings (SSSR count). The third-order valence-corrected chi connectivity index (χ3v) is 3.76. The molecule has 0 radical (unpaired) electrons. The summed E-state index contributed by atoms with van der Waals surface area (Å²) < 4.78 is 0. The lowest BCUT2D eigenvalue weighted by Gasteiger charge is -2.28. The van der Waals surface area contributed by atoms with Crippen molar-refractivity contribution in [2.45, 2.75) is 40.0 Å². The van der Waals surface area contributed by atoms with Crippen LogP contribution >= 0.6 is 0 Å². The number of unbranched alkanes of at least 4 members (excludes halogenated alkanes) is 1. The minimum absolute atomic E-state index is 0.235. The largest absolute Gasteiger partial charge is 0.303 e. The molecule has 0 N–H and O–H groups in total. The summed E-state index contributed by atoms with van der Waals surface area (Å²) in [5.41, 5.74) is 0.953.